The summed E-state index contributed by atoms with van der Waals surface area (Å²) in [6.07, 6.45) is 3.25. The number of aromatic nitrogens is 1. The molecule has 1 aromatic heterocycles. The number of anilines is 2. The molecule has 0 aliphatic carbocycles. The molecule has 132 valence electrons. The van der Waals surface area contributed by atoms with Crippen molar-refractivity contribution >= 4 is 17.3 Å². The van der Waals surface area contributed by atoms with E-state index in [-0.39, 0.29) is 5.91 Å². The van der Waals surface area contributed by atoms with Crippen molar-refractivity contribution in [3.05, 3.63) is 83.7 Å². The molecule has 3 rings (SSSR count). The van der Waals surface area contributed by atoms with Gasteiger partial charge in [0.2, 0.25) is 0 Å². The SMILES string of the molecule is COc1ccc(C)cc1NC(=O)c1cncc(NCc2ccccc2)c1. The molecule has 0 radical (unpaired) electrons. The standard InChI is InChI=1S/C21H21N3O2/c1-15-8-9-20(26-2)19(10-15)24-21(25)17-11-18(14-22-13-17)23-12-16-6-4-3-5-7-16/h3-11,13-14,23H,12H2,1-2H3,(H,24,25). The van der Waals surface area contributed by atoms with Crippen LogP contribution in [0.5, 0.6) is 5.75 Å². The maximum absolute atomic E-state index is 12.6. The summed E-state index contributed by atoms with van der Waals surface area (Å²) in [7, 11) is 1.58. The third kappa shape index (κ3) is 4.39. The fourth-order valence-corrected chi connectivity index (χ4v) is 2.57. The van der Waals surface area contributed by atoms with Gasteiger partial charge in [-0.1, -0.05) is 36.4 Å². The van der Waals surface area contributed by atoms with E-state index in [9.17, 15) is 4.79 Å². The van der Waals surface area contributed by atoms with Crippen LogP contribution in [0.4, 0.5) is 11.4 Å². The molecule has 0 aliphatic rings. The lowest BCUT2D eigenvalue weighted by Gasteiger charge is -2.12. The molecule has 0 atom stereocenters. The molecule has 1 amide bonds. The molecule has 0 aliphatic heterocycles. The fraction of sp³-hybridized carbons (Fsp3) is 0.143. The number of hydrogen-bond donors (Lipinski definition) is 2. The molecule has 5 nitrogen and oxygen atoms in total. The van der Waals surface area contributed by atoms with E-state index in [0.29, 0.717) is 23.5 Å². The molecular formula is C21H21N3O2. The quantitative estimate of drug-likeness (QED) is 0.699. The second-order valence-electron chi connectivity index (χ2n) is 5.96. The number of ether oxygens (including phenoxy) is 1. The topological polar surface area (TPSA) is 63.2 Å². The highest BCUT2D eigenvalue weighted by molar-refractivity contribution is 6.05. The molecule has 1 heterocycles. The number of nitrogens with zero attached hydrogens (tertiary/aromatic N) is 1. The molecule has 3 aromatic rings. The number of benzene rings is 2. The molecule has 0 spiro atoms. The van der Waals surface area contributed by atoms with Crippen LogP contribution in [0.1, 0.15) is 21.5 Å². The van der Waals surface area contributed by atoms with Gasteiger partial charge in [0.1, 0.15) is 5.75 Å². The van der Waals surface area contributed by atoms with E-state index in [2.05, 4.69) is 15.6 Å². The number of amides is 1. The van der Waals surface area contributed by atoms with Crippen molar-refractivity contribution < 1.29 is 9.53 Å². The van der Waals surface area contributed by atoms with Crippen LogP contribution in [0, 0.1) is 6.92 Å². The van der Waals surface area contributed by atoms with Gasteiger partial charge < -0.3 is 15.4 Å². The minimum atomic E-state index is -0.232. The first-order chi connectivity index (χ1) is 12.7. The van der Waals surface area contributed by atoms with E-state index < -0.39 is 0 Å². The Hall–Kier alpha value is -3.34. The molecule has 2 aromatic carbocycles. The summed E-state index contributed by atoms with van der Waals surface area (Å²) < 4.78 is 5.31. The zero-order valence-electron chi connectivity index (χ0n) is 14.8. The average molecular weight is 347 g/mol. The monoisotopic (exact) mass is 347 g/mol. The van der Waals surface area contributed by atoms with Crippen LogP contribution in [0.15, 0.2) is 67.0 Å². The van der Waals surface area contributed by atoms with Gasteiger partial charge in [0.05, 0.1) is 24.0 Å². The largest absolute Gasteiger partial charge is 0.495 e. The van der Waals surface area contributed by atoms with Gasteiger partial charge in [-0.25, -0.2) is 0 Å². The van der Waals surface area contributed by atoms with Crippen molar-refractivity contribution in [3.63, 3.8) is 0 Å². The number of carbonyl (C=O) groups excluding carboxylic acids is 1. The lowest BCUT2D eigenvalue weighted by atomic mass is 10.2. The van der Waals surface area contributed by atoms with Gasteiger partial charge in [0, 0.05) is 18.9 Å². The summed E-state index contributed by atoms with van der Waals surface area (Å²) in [5.74, 6) is 0.389. The Morgan fingerprint density at radius 1 is 1.08 bits per heavy atom. The molecule has 0 saturated carbocycles. The first-order valence-electron chi connectivity index (χ1n) is 8.34. The van der Waals surface area contributed by atoms with E-state index in [4.69, 9.17) is 4.74 Å². The summed E-state index contributed by atoms with van der Waals surface area (Å²) in [6, 6.07) is 17.5. The van der Waals surface area contributed by atoms with E-state index in [1.54, 1.807) is 25.6 Å². The van der Waals surface area contributed by atoms with Crippen molar-refractivity contribution in [2.24, 2.45) is 0 Å². The summed E-state index contributed by atoms with van der Waals surface area (Å²) in [5.41, 5.74) is 4.11. The smallest absolute Gasteiger partial charge is 0.257 e. The molecular weight excluding hydrogens is 326 g/mol. The van der Waals surface area contributed by atoms with Crippen LogP contribution in [0.3, 0.4) is 0 Å². The van der Waals surface area contributed by atoms with Crippen LogP contribution in [0.2, 0.25) is 0 Å². The average Bonchev–Trinajstić information content (AvgIpc) is 2.67. The van der Waals surface area contributed by atoms with Gasteiger partial charge in [-0.3, -0.25) is 9.78 Å². The zero-order valence-corrected chi connectivity index (χ0v) is 14.8. The van der Waals surface area contributed by atoms with Crippen LogP contribution < -0.4 is 15.4 Å². The van der Waals surface area contributed by atoms with Crippen LogP contribution in [-0.2, 0) is 6.54 Å². The van der Waals surface area contributed by atoms with Gasteiger partial charge in [0.25, 0.3) is 5.91 Å². The highest BCUT2D eigenvalue weighted by Crippen LogP contribution is 2.26. The Morgan fingerprint density at radius 3 is 2.65 bits per heavy atom. The zero-order chi connectivity index (χ0) is 18.4. The van der Waals surface area contributed by atoms with Gasteiger partial charge >= 0.3 is 0 Å². The molecule has 2 N–H and O–H groups in total. The predicted octanol–water partition coefficient (Wildman–Crippen LogP) is 4.26. The van der Waals surface area contributed by atoms with Gasteiger partial charge in [0.15, 0.2) is 0 Å². The Morgan fingerprint density at radius 2 is 1.88 bits per heavy atom. The second-order valence-corrected chi connectivity index (χ2v) is 5.96. The van der Waals surface area contributed by atoms with Gasteiger partial charge in [-0.05, 0) is 36.2 Å². The van der Waals surface area contributed by atoms with Gasteiger partial charge in [-0.2, -0.15) is 0 Å². The minimum absolute atomic E-state index is 0.232. The van der Waals surface area contributed by atoms with E-state index in [1.807, 2.05) is 55.5 Å². The Kier molecular flexibility index (Phi) is 5.49. The fourth-order valence-electron chi connectivity index (χ4n) is 2.57. The number of pyridine rings is 1. The summed E-state index contributed by atoms with van der Waals surface area (Å²) in [6.45, 7) is 2.63. The van der Waals surface area contributed by atoms with E-state index >= 15 is 0 Å². The van der Waals surface area contributed by atoms with Crippen molar-refractivity contribution in [2.45, 2.75) is 13.5 Å². The van der Waals surface area contributed by atoms with Crippen molar-refractivity contribution in [3.8, 4) is 5.75 Å². The highest BCUT2D eigenvalue weighted by Gasteiger charge is 2.11. The number of rotatable bonds is 6. The number of methoxy groups -OCH3 is 1. The molecule has 0 unspecified atom stereocenters. The second kappa shape index (κ2) is 8.16. The normalized spacial score (nSPS) is 10.2. The Bertz CT molecular complexity index is 895. The first-order valence-corrected chi connectivity index (χ1v) is 8.34. The Balaban J connectivity index is 1.71. The van der Waals surface area contributed by atoms with E-state index in [1.165, 1.54) is 0 Å². The maximum Gasteiger partial charge on any atom is 0.257 e. The Labute approximate surface area is 153 Å². The molecule has 26 heavy (non-hydrogen) atoms. The third-order valence-electron chi connectivity index (χ3n) is 3.94. The number of nitrogens with one attached hydrogen (secondary N) is 2. The van der Waals surface area contributed by atoms with Crippen LogP contribution in [0.25, 0.3) is 0 Å². The summed E-state index contributed by atoms with van der Waals surface area (Å²) in [4.78, 5) is 16.8. The lowest BCUT2D eigenvalue weighted by Crippen LogP contribution is -2.13. The predicted molar refractivity (Wildman–Crippen MR) is 104 cm³/mol. The molecule has 0 bridgehead atoms. The molecule has 5 heteroatoms. The lowest BCUT2D eigenvalue weighted by molar-refractivity contribution is 0.102. The van der Waals surface area contributed by atoms with Crippen LogP contribution >= 0.6 is 0 Å². The number of hydrogen-bond acceptors (Lipinski definition) is 4. The molecule has 0 fully saturated rings. The minimum Gasteiger partial charge on any atom is -0.495 e. The third-order valence-corrected chi connectivity index (χ3v) is 3.94. The number of carbonyl (C=O) groups is 1. The van der Waals surface area contributed by atoms with Crippen molar-refractivity contribution in [1.29, 1.82) is 0 Å². The van der Waals surface area contributed by atoms with E-state index in [0.717, 1.165) is 16.8 Å². The maximum atomic E-state index is 12.6. The van der Waals surface area contributed by atoms with Crippen molar-refractivity contribution in [1.82, 2.24) is 4.98 Å². The highest BCUT2D eigenvalue weighted by atomic mass is 16.5. The summed E-state index contributed by atoms with van der Waals surface area (Å²) in [5, 5.41) is 6.17. The summed E-state index contributed by atoms with van der Waals surface area (Å²) >= 11 is 0. The van der Waals surface area contributed by atoms with Crippen molar-refractivity contribution in [2.75, 3.05) is 17.7 Å². The molecule has 0 saturated heterocycles. The number of aryl methyl sites for hydroxylation is 1. The van der Waals surface area contributed by atoms with Crippen LogP contribution in [-0.4, -0.2) is 18.0 Å². The van der Waals surface area contributed by atoms with Gasteiger partial charge in [-0.15, -0.1) is 0 Å². The first kappa shape index (κ1) is 17.5.